The Morgan fingerprint density at radius 1 is 1.10 bits per heavy atom. The van der Waals surface area contributed by atoms with Gasteiger partial charge in [0.25, 0.3) is 5.91 Å². The fourth-order valence-corrected chi connectivity index (χ4v) is 3.05. The van der Waals surface area contributed by atoms with Gasteiger partial charge in [-0.1, -0.05) is 5.16 Å². The summed E-state index contributed by atoms with van der Waals surface area (Å²) in [6.45, 7) is 1.24. The van der Waals surface area contributed by atoms with Crippen molar-refractivity contribution in [2.24, 2.45) is 0 Å². The number of carbonyl (C=O) groups excluding carboxylic acids is 2. The molecule has 0 saturated carbocycles. The molecular weight excluding hydrogens is 386 g/mol. The van der Waals surface area contributed by atoms with E-state index in [0.717, 1.165) is 25.0 Å². The second-order valence-electron chi connectivity index (χ2n) is 6.82. The van der Waals surface area contributed by atoms with Gasteiger partial charge in [-0.2, -0.15) is 0 Å². The summed E-state index contributed by atoms with van der Waals surface area (Å²) in [6.07, 6.45) is 5.36. The molecule has 3 heterocycles. The van der Waals surface area contributed by atoms with Crippen LogP contribution in [-0.4, -0.2) is 41.3 Å². The Hall–Kier alpha value is -3.72. The number of amides is 3. The van der Waals surface area contributed by atoms with E-state index in [4.69, 9.17) is 9.26 Å². The number of hydrogen-bond acceptors (Lipinski definition) is 6. The zero-order valence-electron chi connectivity index (χ0n) is 16.1. The standard InChI is InChI=1S/C21H21N5O4/c27-20(18-11-19(30-26-18)14-3-1-9-22-12-14)24-15-5-7-16(8-6-15)25-21(28)23-13-17-4-2-10-29-17/h1,3,5-9,11-12,17H,2,4,10,13H2,(H,24,27)(H2,23,25,28). The third-order valence-corrected chi connectivity index (χ3v) is 4.60. The molecule has 4 rings (SSSR count). The number of urea groups is 1. The van der Waals surface area contributed by atoms with Crippen LogP contribution in [0.1, 0.15) is 23.3 Å². The number of benzene rings is 1. The smallest absolute Gasteiger partial charge is 0.319 e. The highest BCUT2D eigenvalue weighted by Gasteiger charge is 2.16. The quantitative estimate of drug-likeness (QED) is 0.577. The minimum absolute atomic E-state index is 0.0866. The zero-order chi connectivity index (χ0) is 20.8. The number of ether oxygens (including phenoxy) is 1. The molecule has 0 spiro atoms. The van der Waals surface area contributed by atoms with Crippen LogP contribution in [-0.2, 0) is 4.74 Å². The van der Waals surface area contributed by atoms with Crippen LogP contribution in [0.4, 0.5) is 16.2 Å². The van der Waals surface area contributed by atoms with E-state index in [2.05, 4.69) is 26.1 Å². The molecule has 3 N–H and O–H groups in total. The van der Waals surface area contributed by atoms with Crippen molar-refractivity contribution in [2.45, 2.75) is 18.9 Å². The SMILES string of the molecule is O=C(NCC1CCCO1)Nc1ccc(NC(=O)c2cc(-c3cccnc3)on2)cc1. The monoisotopic (exact) mass is 407 g/mol. The Bertz CT molecular complexity index is 998. The van der Waals surface area contributed by atoms with Crippen LogP contribution in [0.2, 0.25) is 0 Å². The van der Waals surface area contributed by atoms with Crippen LogP contribution in [0.5, 0.6) is 0 Å². The van der Waals surface area contributed by atoms with Gasteiger partial charge in [0, 0.05) is 48.5 Å². The molecule has 1 aromatic carbocycles. The molecule has 1 aliphatic heterocycles. The maximum atomic E-state index is 12.4. The normalized spacial score (nSPS) is 15.5. The van der Waals surface area contributed by atoms with Crippen molar-refractivity contribution in [3.05, 3.63) is 60.6 Å². The summed E-state index contributed by atoms with van der Waals surface area (Å²) < 4.78 is 10.7. The highest BCUT2D eigenvalue weighted by molar-refractivity contribution is 6.03. The van der Waals surface area contributed by atoms with Gasteiger partial charge in [0.15, 0.2) is 11.5 Å². The minimum atomic E-state index is -0.399. The second kappa shape index (κ2) is 9.19. The van der Waals surface area contributed by atoms with Crippen molar-refractivity contribution < 1.29 is 18.8 Å². The molecular formula is C21H21N5O4. The first-order valence-electron chi connectivity index (χ1n) is 9.62. The highest BCUT2D eigenvalue weighted by atomic mass is 16.5. The summed E-state index contributed by atoms with van der Waals surface area (Å²) >= 11 is 0. The minimum Gasteiger partial charge on any atom is -0.376 e. The number of aromatic nitrogens is 2. The molecule has 154 valence electrons. The van der Waals surface area contributed by atoms with Crippen molar-refractivity contribution in [1.29, 1.82) is 0 Å². The van der Waals surface area contributed by atoms with E-state index >= 15 is 0 Å². The molecule has 0 aliphatic carbocycles. The van der Waals surface area contributed by atoms with E-state index in [1.165, 1.54) is 0 Å². The number of hydrogen-bond donors (Lipinski definition) is 3. The first-order chi connectivity index (χ1) is 14.7. The van der Waals surface area contributed by atoms with Gasteiger partial charge in [-0.3, -0.25) is 9.78 Å². The number of carbonyl (C=O) groups is 2. The van der Waals surface area contributed by atoms with Crippen LogP contribution in [0, 0.1) is 0 Å². The first-order valence-corrected chi connectivity index (χ1v) is 9.62. The number of anilines is 2. The summed E-state index contributed by atoms with van der Waals surface area (Å²) in [5, 5.41) is 12.1. The van der Waals surface area contributed by atoms with Crippen molar-refractivity contribution in [3.8, 4) is 11.3 Å². The molecule has 1 atom stereocenters. The van der Waals surface area contributed by atoms with Crippen molar-refractivity contribution in [2.75, 3.05) is 23.8 Å². The predicted octanol–water partition coefficient (Wildman–Crippen LogP) is 3.29. The molecule has 1 fully saturated rings. The Morgan fingerprint density at radius 3 is 2.60 bits per heavy atom. The average molecular weight is 407 g/mol. The van der Waals surface area contributed by atoms with Crippen LogP contribution in [0.25, 0.3) is 11.3 Å². The molecule has 9 nitrogen and oxygen atoms in total. The van der Waals surface area contributed by atoms with Gasteiger partial charge in [-0.15, -0.1) is 0 Å². The lowest BCUT2D eigenvalue weighted by Crippen LogP contribution is -2.35. The lowest BCUT2D eigenvalue weighted by atomic mass is 10.2. The van der Waals surface area contributed by atoms with Crippen LogP contribution in [0.3, 0.4) is 0 Å². The third kappa shape index (κ3) is 5.00. The van der Waals surface area contributed by atoms with E-state index in [-0.39, 0.29) is 17.8 Å². The van der Waals surface area contributed by atoms with Crippen LogP contribution >= 0.6 is 0 Å². The van der Waals surface area contributed by atoms with E-state index in [0.29, 0.717) is 23.7 Å². The Balaban J connectivity index is 1.29. The zero-order valence-corrected chi connectivity index (χ0v) is 16.1. The molecule has 3 aromatic rings. The lowest BCUT2D eigenvalue weighted by molar-refractivity contribution is 0.101. The van der Waals surface area contributed by atoms with Crippen molar-refractivity contribution >= 4 is 23.3 Å². The van der Waals surface area contributed by atoms with Gasteiger partial charge in [-0.25, -0.2) is 4.79 Å². The summed E-state index contributed by atoms with van der Waals surface area (Å²) in [7, 11) is 0. The fourth-order valence-electron chi connectivity index (χ4n) is 3.05. The number of nitrogens with one attached hydrogen (secondary N) is 3. The molecule has 3 amide bonds. The number of nitrogens with zero attached hydrogens (tertiary/aromatic N) is 2. The van der Waals surface area contributed by atoms with Gasteiger partial charge in [-0.05, 0) is 49.2 Å². The van der Waals surface area contributed by atoms with Crippen LogP contribution in [0.15, 0.2) is 59.4 Å². The van der Waals surface area contributed by atoms with E-state index < -0.39 is 5.91 Å². The molecule has 0 bridgehead atoms. The van der Waals surface area contributed by atoms with E-state index in [1.54, 1.807) is 48.8 Å². The maximum Gasteiger partial charge on any atom is 0.319 e. The summed E-state index contributed by atoms with van der Waals surface area (Å²) in [4.78, 5) is 28.4. The highest BCUT2D eigenvalue weighted by Crippen LogP contribution is 2.20. The van der Waals surface area contributed by atoms with Gasteiger partial charge in [0.2, 0.25) is 0 Å². The summed E-state index contributed by atoms with van der Waals surface area (Å²) in [5.74, 6) is 0.0609. The molecule has 1 unspecified atom stereocenters. The first kappa shape index (κ1) is 19.6. The topological polar surface area (TPSA) is 118 Å². The van der Waals surface area contributed by atoms with Gasteiger partial charge in [0.1, 0.15) is 0 Å². The van der Waals surface area contributed by atoms with Crippen LogP contribution < -0.4 is 16.0 Å². The molecule has 1 saturated heterocycles. The maximum absolute atomic E-state index is 12.4. The molecule has 30 heavy (non-hydrogen) atoms. The Labute approximate surface area is 172 Å². The third-order valence-electron chi connectivity index (χ3n) is 4.60. The van der Waals surface area contributed by atoms with Crippen molar-refractivity contribution in [1.82, 2.24) is 15.5 Å². The average Bonchev–Trinajstić information content (AvgIpc) is 3.47. The largest absolute Gasteiger partial charge is 0.376 e. The lowest BCUT2D eigenvalue weighted by Gasteiger charge is -2.12. The molecule has 1 aliphatic rings. The van der Waals surface area contributed by atoms with Gasteiger partial charge in [0.05, 0.1) is 6.10 Å². The van der Waals surface area contributed by atoms with Crippen molar-refractivity contribution in [3.63, 3.8) is 0 Å². The van der Waals surface area contributed by atoms with Gasteiger partial charge < -0.3 is 25.2 Å². The number of rotatable bonds is 6. The summed E-state index contributed by atoms with van der Waals surface area (Å²) in [5.41, 5.74) is 2.07. The second-order valence-corrected chi connectivity index (χ2v) is 6.82. The Kier molecular flexibility index (Phi) is 6.00. The summed E-state index contributed by atoms with van der Waals surface area (Å²) in [6, 6.07) is 11.6. The molecule has 9 heteroatoms. The predicted molar refractivity (Wildman–Crippen MR) is 110 cm³/mol. The fraction of sp³-hybridized carbons (Fsp3) is 0.238. The van der Waals surface area contributed by atoms with Gasteiger partial charge >= 0.3 is 6.03 Å². The molecule has 2 aromatic heterocycles. The number of pyridine rings is 1. The molecule has 0 radical (unpaired) electrons. The van der Waals surface area contributed by atoms with E-state index in [1.807, 2.05) is 6.07 Å². The Morgan fingerprint density at radius 2 is 1.90 bits per heavy atom. The van der Waals surface area contributed by atoms with E-state index in [9.17, 15) is 9.59 Å².